The van der Waals surface area contributed by atoms with Gasteiger partial charge in [-0.1, -0.05) is 13.5 Å². The lowest BCUT2D eigenvalue weighted by Gasteiger charge is -2.06. The molecule has 58 valence electrons. The Morgan fingerprint density at radius 1 is 1.50 bits per heavy atom. The normalized spacial score (nSPS) is 11.3. The summed E-state index contributed by atoms with van der Waals surface area (Å²) < 4.78 is 5.31. The molecule has 0 amide bonds. The van der Waals surface area contributed by atoms with Crippen molar-refractivity contribution >= 4 is 0 Å². The number of ether oxygens (including phenoxy) is 1. The van der Waals surface area contributed by atoms with E-state index in [-0.39, 0.29) is 0 Å². The summed E-state index contributed by atoms with van der Waals surface area (Å²) in [4.78, 5) is 0. The average molecular weight is 140 g/mol. The van der Waals surface area contributed by atoms with Crippen LogP contribution in [0.4, 0.5) is 0 Å². The van der Waals surface area contributed by atoms with Gasteiger partial charge in [-0.15, -0.1) is 0 Å². The molecule has 0 N–H and O–H groups in total. The molecule has 0 aromatic carbocycles. The van der Waals surface area contributed by atoms with E-state index in [2.05, 4.69) is 13.5 Å². The van der Waals surface area contributed by atoms with E-state index in [1.807, 2.05) is 19.9 Å². The van der Waals surface area contributed by atoms with Crippen molar-refractivity contribution in [2.75, 3.05) is 6.61 Å². The van der Waals surface area contributed by atoms with Crippen molar-refractivity contribution in [2.24, 2.45) is 0 Å². The van der Waals surface area contributed by atoms with Crippen molar-refractivity contribution < 1.29 is 4.74 Å². The Morgan fingerprint density at radius 2 is 2.10 bits per heavy atom. The van der Waals surface area contributed by atoms with Gasteiger partial charge in [0.25, 0.3) is 0 Å². The van der Waals surface area contributed by atoms with Gasteiger partial charge in [0, 0.05) is 0 Å². The molecule has 0 spiro atoms. The molecule has 0 radical (unpaired) electrons. The third-order valence-electron chi connectivity index (χ3n) is 1.11. The Hall–Kier alpha value is -0.720. The second-order valence-corrected chi connectivity index (χ2v) is 2.19. The van der Waals surface area contributed by atoms with Crippen LogP contribution in [0.25, 0.3) is 0 Å². The number of hydrogen-bond donors (Lipinski definition) is 0. The van der Waals surface area contributed by atoms with Crippen molar-refractivity contribution in [1.29, 1.82) is 0 Å². The molecule has 0 bridgehead atoms. The minimum atomic E-state index is 0.721. The van der Waals surface area contributed by atoms with E-state index in [9.17, 15) is 0 Å². The van der Waals surface area contributed by atoms with Crippen LogP contribution < -0.4 is 0 Å². The summed E-state index contributed by atoms with van der Waals surface area (Å²) in [6.07, 6.45) is 3.05. The van der Waals surface area contributed by atoms with Crippen LogP contribution in [0.5, 0.6) is 0 Å². The lowest BCUT2D eigenvalue weighted by molar-refractivity contribution is 0.236. The van der Waals surface area contributed by atoms with Gasteiger partial charge < -0.3 is 4.74 Å². The maximum Gasteiger partial charge on any atom is 0.117 e. The van der Waals surface area contributed by atoms with E-state index < -0.39 is 0 Å². The lowest BCUT2D eigenvalue weighted by atomic mass is 10.2. The topological polar surface area (TPSA) is 9.23 Å². The third kappa shape index (κ3) is 3.33. The van der Waals surface area contributed by atoms with E-state index >= 15 is 0 Å². The second-order valence-electron chi connectivity index (χ2n) is 2.19. The first-order valence-corrected chi connectivity index (χ1v) is 3.71. The summed E-state index contributed by atoms with van der Waals surface area (Å²) in [7, 11) is 0. The van der Waals surface area contributed by atoms with E-state index in [1.165, 1.54) is 0 Å². The Morgan fingerprint density at radius 3 is 2.40 bits per heavy atom. The molecule has 0 aliphatic heterocycles. The summed E-state index contributed by atoms with van der Waals surface area (Å²) in [5.41, 5.74) is 1.00. The molecule has 0 aliphatic carbocycles. The fraction of sp³-hybridized carbons (Fsp3) is 0.556. The predicted octanol–water partition coefficient (Wildman–Crippen LogP) is 2.89. The molecular formula is C9H16O. The molecule has 0 fully saturated rings. The zero-order chi connectivity index (χ0) is 7.98. The summed E-state index contributed by atoms with van der Waals surface area (Å²) in [5.74, 6) is 0.935. The van der Waals surface area contributed by atoms with Gasteiger partial charge in [0.15, 0.2) is 0 Å². The molecule has 0 rings (SSSR count). The molecular weight excluding hydrogens is 124 g/mol. The molecule has 0 saturated heterocycles. The van der Waals surface area contributed by atoms with Gasteiger partial charge in [-0.3, -0.25) is 0 Å². The predicted molar refractivity (Wildman–Crippen MR) is 44.8 cm³/mol. The highest BCUT2D eigenvalue weighted by Crippen LogP contribution is 2.08. The van der Waals surface area contributed by atoms with Gasteiger partial charge in [-0.25, -0.2) is 0 Å². The highest BCUT2D eigenvalue weighted by atomic mass is 16.5. The third-order valence-corrected chi connectivity index (χ3v) is 1.11. The maximum absolute atomic E-state index is 5.31. The van der Waals surface area contributed by atoms with Gasteiger partial charge in [0.1, 0.15) is 5.76 Å². The molecule has 0 aromatic heterocycles. The minimum absolute atomic E-state index is 0.721. The summed E-state index contributed by atoms with van der Waals surface area (Å²) in [6.45, 7) is 10.5. The summed E-state index contributed by atoms with van der Waals surface area (Å²) >= 11 is 0. The number of allylic oxidation sites excluding steroid dienone is 2. The van der Waals surface area contributed by atoms with Gasteiger partial charge >= 0.3 is 0 Å². The molecule has 0 saturated carbocycles. The van der Waals surface area contributed by atoms with Gasteiger partial charge in [-0.05, 0) is 31.9 Å². The quantitative estimate of drug-likeness (QED) is 0.431. The highest BCUT2D eigenvalue weighted by Gasteiger charge is 1.94. The zero-order valence-electron chi connectivity index (χ0n) is 7.11. The molecule has 0 atom stereocenters. The van der Waals surface area contributed by atoms with Crippen molar-refractivity contribution in [3.8, 4) is 0 Å². The summed E-state index contributed by atoms with van der Waals surface area (Å²) in [6, 6.07) is 0. The van der Waals surface area contributed by atoms with Crippen molar-refractivity contribution in [3.63, 3.8) is 0 Å². The smallest absolute Gasteiger partial charge is 0.117 e. The lowest BCUT2D eigenvalue weighted by Crippen LogP contribution is -1.91. The molecule has 0 aromatic rings. The van der Waals surface area contributed by atoms with E-state index in [4.69, 9.17) is 4.74 Å². The fourth-order valence-corrected chi connectivity index (χ4v) is 0.697. The molecule has 0 heterocycles. The van der Waals surface area contributed by atoms with Crippen LogP contribution in [0.15, 0.2) is 24.0 Å². The fourth-order valence-electron chi connectivity index (χ4n) is 0.697. The van der Waals surface area contributed by atoms with E-state index in [0.29, 0.717) is 0 Å². The molecule has 0 unspecified atom stereocenters. The van der Waals surface area contributed by atoms with E-state index in [1.54, 1.807) is 0 Å². The van der Waals surface area contributed by atoms with E-state index in [0.717, 1.165) is 24.4 Å². The Kier molecular flexibility index (Phi) is 4.73. The van der Waals surface area contributed by atoms with Crippen LogP contribution in [-0.2, 0) is 4.74 Å². The monoisotopic (exact) mass is 140 g/mol. The standard InChI is InChI=1S/C9H16O/c1-5-7-9(8(3)4)10-6-2/h7H,3,5-6H2,1-2,4H3/b9-7+. The maximum atomic E-state index is 5.31. The first-order valence-electron chi connectivity index (χ1n) is 3.71. The Balaban J connectivity index is 3.98. The number of hydrogen-bond acceptors (Lipinski definition) is 1. The largest absolute Gasteiger partial charge is 0.494 e. The van der Waals surface area contributed by atoms with Crippen LogP contribution in [0.2, 0.25) is 0 Å². The average Bonchev–Trinajstić information content (AvgIpc) is 1.87. The first-order chi connectivity index (χ1) is 4.72. The molecule has 1 nitrogen and oxygen atoms in total. The molecule has 1 heteroatoms. The first kappa shape index (κ1) is 9.28. The van der Waals surface area contributed by atoms with Gasteiger partial charge in [0.05, 0.1) is 6.61 Å². The van der Waals surface area contributed by atoms with Crippen LogP contribution in [-0.4, -0.2) is 6.61 Å². The summed E-state index contributed by atoms with van der Waals surface area (Å²) in [5, 5.41) is 0. The SMILES string of the molecule is C=C(C)/C(=C\CC)OCC. The van der Waals surface area contributed by atoms with Crippen molar-refractivity contribution in [2.45, 2.75) is 27.2 Å². The highest BCUT2D eigenvalue weighted by molar-refractivity contribution is 5.19. The molecule has 0 aliphatic rings. The van der Waals surface area contributed by atoms with Crippen LogP contribution >= 0.6 is 0 Å². The minimum Gasteiger partial charge on any atom is -0.494 e. The van der Waals surface area contributed by atoms with Crippen molar-refractivity contribution in [1.82, 2.24) is 0 Å². The van der Waals surface area contributed by atoms with Gasteiger partial charge in [-0.2, -0.15) is 0 Å². The zero-order valence-corrected chi connectivity index (χ0v) is 7.11. The number of rotatable bonds is 4. The van der Waals surface area contributed by atoms with Gasteiger partial charge in [0.2, 0.25) is 0 Å². The second kappa shape index (κ2) is 5.10. The Bertz CT molecular complexity index is 134. The van der Waals surface area contributed by atoms with Crippen LogP contribution in [0.3, 0.4) is 0 Å². The van der Waals surface area contributed by atoms with Crippen LogP contribution in [0.1, 0.15) is 27.2 Å². The van der Waals surface area contributed by atoms with Crippen molar-refractivity contribution in [3.05, 3.63) is 24.0 Å². The van der Waals surface area contributed by atoms with Crippen LogP contribution in [0, 0.1) is 0 Å². The Labute approximate surface area is 63.4 Å². The molecule has 10 heavy (non-hydrogen) atoms.